The van der Waals surface area contributed by atoms with Gasteiger partial charge in [-0.3, -0.25) is 0 Å². The second kappa shape index (κ2) is 8.69. The minimum atomic E-state index is -4.54. The van der Waals surface area contributed by atoms with Gasteiger partial charge in [0.15, 0.2) is 0 Å². The highest BCUT2D eigenvalue weighted by Crippen LogP contribution is 2.31. The fourth-order valence-corrected chi connectivity index (χ4v) is 4.61. The molecule has 0 aliphatic rings. The van der Waals surface area contributed by atoms with E-state index in [1.165, 1.54) is 0 Å². The first-order valence-corrected chi connectivity index (χ1v) is 7.94. The van der Waals surface area contributed by atoms with E-state index in [4.69, 9.17) is 0 Å². The van der Waals surface area contributed by atoms with E-state index in [-0.39, 0.29) is 24.0 Å². The highest BCUT2D eigenvalue weighted by Gasteiger charge is 2.34. The van der Waals surface area contributed by atoms with E-state index in [0.29, 0.717) is 0 Å². The van der Waals surface area contributed by atoms with Gasteiger partial charge in [0.2, 0.25) is 0 Å². The average Bonchev–Trinajstić information content (AvgIpc) is 2.11. The smallest absolute Gasteiger partial charge is 0.171 e. The maximum Gasteiger partial charge on any atom is 0.388 e. The largest absolute Gasteiger partial charge is 0.388 e. The van der Waals surface area contributed by atoms with Crippen LogP contribution in [0.25, 0.3) is 0 Å². The van der Waals surface area contributed by atoms with Crippen LogP contribution in [0.5, 0.6) is 0 Å². The molecular weight excluding hydrogens is 434 g/mol. The van der Waals surface area contributed by atoms with Crippen LogP contribution in [0.2, 0.25) is 18.1 Å². The van der Waals surface area contributed by atoms with E-state index in [9.17, 15) is 39.5 Å². The zero-order valence-corrected chi connectivity index (χ0v) is 13.6. The van der Waals surface area contributed by atoms with Crippen LogP contribution >= 0.6 is 24.0 Å². The van der Waals surface area contributed by atoms with Crippen LogP contribution in [0, 0.1) is 0 Å². The maximum atomic E-state index is 11.9. The topological polar surface area (TPSA) is 0 Å². The van der Waals surface area contributed by atoms with E-state index in [1.54, 1.807) is 0 Å². The van der Waals surface area contributed by atoms with Crippen molar-refractivity contribution in [1.29, 1.82) is 0 Å². The fourth-order valence-electron chi connectivity index (χ4n) is 1.54. The van der Waals surface area contributed by atoms with Crippen LogP contribution in [0.15, 0.2) is 0 Å². The summed E-state index contributed by atoms with van der Waals surface area (Å²) in [5.41, 5.74) is 0. The SMILES string of the molecule is FC(F)(F)CC[SiH](CCC(F)(F)F)CCC(F)(F)F.I. The molecule has 0 aromatic rings. The lowest BCUT2D eigenvalue weighted by Gasteiger charge is -2.18. The van der Waals surface area contributed by atoms with Gasteiger partial charge in [-0.05, 0) is 0 Å². The quantitative estimate of drug-likeness (QED) is 0.278. The highest BCUT2D eigenvalue weighted by molar-refractivity contribution is 14.0. The molecule has 0 aliphatic heterocycles. The van der Waals surface area contributed by atoms with Crippen molar-refractivity contribution in [3.63, 3.8) is 0 Å². The van der Waals surface area contributed by atoms with Crippen LogP contribution < -0.4 is 0 Å². The minimum absolute atomic E-state index is 0. The number of alkyl halides is 9. The Balaban J connectivity index is 0. The van der Waals surface area contributed by atoms with Crippen LogP contribution in [0.3, 0.4) is 0 Å². The van der Waals surface area contributed by atoms with E-state index in [0.717, 1.165) is 0 Å². The molecule has 11 heteroatoms. The van der Waals surface area contributed by atoms with E-state index >= 15 is 0 Å². The summed E-state index contributed by atoms with van der Waals surface area (Å²) in [6.45, 7) is 0. The Bertz CT molecular complexity index is 215. The van der Waals surface area contributed by atoms with Gasteiger partial charge in [-0.25, -0.2) is 0 Å². The van der Waals surface area contributed by atoms with E-state index in [1.807, 2.05) is 0 Å². The summed E-state index contributed by atoms with van der Waals surface area (Å²) in [6, 6.07) is -1.72. The van der Waals surface area contributed by atoms with Crippen molar-refractivity contribution in [2.45, 2.75) is 55.9 Å². The standard InChI is InChI=1S/C9H13F9Si.HI/c10-7(11,12)1-4-19(5-2-8(13,14)15)6-3-9(16,17)18;/h19H,1-6H2;1H. The molecule has 0 bridgehead atoms. The summed E-state index contributed by atoms with van der Waals surface area (Å²) < 4.78 is 107. The molecule has 0 saturated heterocycles. The summed E-state index contributed by atoms with van der Waals surface area (Å²) in [5.74, 6) is 0. The van der Waals surface area contributed by atoms with E-state index in [2.05, 4.69) is 0 Å². The van der Waals surface area contributed by atoms with Gasteiger partial charge in [0.25, 0.3) is 0 Å². The van der Waals surface area contributed by atoms with Crippen molar-refractivity contribution >= 4 is 32.8 Å². The third-order valence-electron chi connectivity index (χ3n) is 2.51. The molecule has 20 heavy (non-hydrogen) atoms. The molecule has 124 valence electrons. The molecule has 0 amide bonds. The highest BCUT2D eigenvalue weighted by atomic mass is 127. The summed E-state index contributed by atoms with van der Waals surface area (Å²) in [6.07, 6.45) is -17.5. The lowest BCUT2D eigenvalue weighted by atomic mass is 10.5. The zero-order chi connectivity index (χ0) is 15.3. The Morgan fingerprint density at radius 3 is 0.850 bits per heavy atom. The van der Waals surface area contributed by atoms with Gasteiger partial charge in [0.05, 0.1) is 0 Å². The molecule has 0 heterocycles. The van der Waals surface area contributed by atoms with Crippen LogP contribution in [-0.2, 0) is 0 Å². The summed E-state index contributed by atoms with van der Waals surface area (Å²) in [5, 5.41) is 0. The zero-order valence-electron chi connectivity index (χ0n) is 10.1. The van der Waals surface area contributed by atoms with Crippen molar-refractivity contribution in [1.82, 2.24) is 0 Å². The summed E-state index contributed by atoms with van der Waals surface area (Å²) >= 11 is 0. The molecule has 0 fully saturated rings. The number of hydrogen-bond donors (Lipinski definition) is 0. The molecule has 0 unspecified atom stereocenters. The molecule has 0 nitrogen and oxygen atoms in total. The Morgan fingerprint density at radius 1 is 0.500 bits per heavy atom. The van der Waals surface area contributed by atoms with Crippen molar-refractivity contribution in [3.8, 4) is 0 Å². The Labute approximate surface area is 128 Å². The Kier molecular flexibility index (Phi) is 9.81. The third-order valence-corrected chi connectivity index (χ3v) is 5.82. The normalized spacial score (nSPS) is 13.5. The Hall–Kier alpha value is 0.317. The van der Waals surface area contributed by atoms with Gasteiger partial charge in [0.1, 0.15) is 0 Å². The lowest BCUT2D eigenvalue weighted by Crippen LogP contribution is -2.22. The van der Waals surface area contributed by atoms with Gasteiger partial charge in [-0.15, -0.1) is 24.0 Å². The maximum absolute atomic E-state index is 11.9. The molecule has 0 aliphatic carbocycles. The molecule has 0 spiro atoms. The lowest BCUT2D eigenvalue weighted by molar-refractivity contribution is -0.132. The van der Waals surface area contributed by atoms with Gasteiger partial charge in [-0.1, -0.05) is 18.1 Å². The van der Waals surface area contributed by atoms with Crippen molar-refractivity contribution in [3.05, 3.63) is 0 Å². The van der Waals surface area contributed by atoms with Crippen LogP contribution in [0.1, 0.15) is 19.3 Å². The first-order valence-electron chi connectivity index (χ1n) is 5.49. The van der Waals surface area contributed by atoms with Crippen molar-refractivity contribution in [2.24, 2.45) is 0 Å². The molecule has 0 rings (SSSR count). The van der Waals surface area contributed by atoms with Gasteiger partial charge < -0.3 is 0 Å². The predicted octanol–water partition coefficient (Wildman–Crippen LogP) is 5.69. The first kappa shape index (κ1) is 22.6. The van der Waals surface area contributed by atoms with Gasteiger partial charge in [0, 0.05) is 28.1 Å². The van der Waals surface area contributed by atoms with Crippen molar-refractivity contribution in [2.75, 3.05) is 0 Å². The Morgan fingerprint density at radius 2 is 0.700 bits per heavy atom. The van der Waals surface area contributed by atoms with Gasteiger partial charge in [-0.2, -0.15) is 39.5 Å². The fraction of sp³-hybridized carbons (Fsp3) is 1.00. The number of rotatable bonds is 6. The summed E-state index contributed by atoms with van der Waals surface area (Å²) in [4.78, 5) is 0. The predicted molar refractivity (Wildman–Crippen MR) is 69.0 cm³/mol. The minimum Gasteiger partial charge on any atom is -0.171 e. The second-order valence-corrected chi connectivity index (χ2v) is 7.79. The van der Waals surface area contributed by atoms with Crippen LogP contribution in [0.4, 0.5) is 39.5 Å². The third kappa shape index (κ3) is 16.4. The number of halogens is 10. The molecular formula is C9H14F9ISi. The van der Waals surface area contributed by atoms with Gasteiger partial charge >= 0.3 is 18.5 Å². The summed E-state index contributed by atoms with van der Waals surface area (Å²) in [7, 11) is -2.69. The molecule has 0 atom stereocenters. The molecule has 0 aromatic heterocycles. The van der Waals surface area contributed by atoms with Crippen molar-refractivity contribution < 1.29 is 39.5 Å². The number of hydrogen-bond acceptors (Lipinski definition) is 0. The van der Waals surface area contributed by atoms with Crippen LogP contribution in [-0.4, -0.2) is 27.3 Å². The average molecular weight is 448 g/mol. The molecule has 0 aromatic carbocycles. The van der Waals surface area contributed by atoms with E-state index < -0.39 is 64.7 Å². The molecule has 0 radical (unpaired) electrons. The first-order chi connectivity index (χ1) is 8.29. The second-order valence-electron chi connectivity index (χ2n) is 4.33. The molecule has 0 N–H and O–H groups in total. The monoisotopic (exact) mass is 448 g/mol. The molecule has 0 saturated carbocycles.